The molecule has 0 unspecified atom stereocenters. The summed E-state index contributed by atoms with van der Waals surface area (Å²) < 4.78 is 5.41. The van der Waals surface area contributed by atoms with E-state index in [1.807, 2.05) is 49.2 Å². The Morgan fingerprint density at radius 1 is 1.22 bits per heavy atom. The molecule has 0 radical (unpaired) electrons. The predicted octanol–water partition coefficient (Wildman–Crippen LogP) is 3.35. The first kappa shape index (κ1) is 17.4. The lowest BCUT2D eigenvalue weighted by Crippen LogP contribution is -2.50. The summed E-state index contributed by atoms with van der Waals surface area (Å²) in [6.45, 7) is 3.33. The molecule has 1 fully saturated rings. The molecule has 2 aromatic carbocycles. The quantitative estimate of drug-likeness (QED) is 0.903. The molecule has 2 heterocycles. The van der Waals surface area contributed by atoms with E-state index >= 15 is 0 Å². The summed E-state index contributed by atoms with van der Waals surface area (Å²) in [4.78, 5) is 29.4. The molecule has 0 aliphatic carbocycles. The van der Waals surface area contributed by atoms with Crippen LogP contribution in [0, 0.1) is 0 Å². The Balaban J connectivity index is 1.55. The summed E-state index contributed by atoms with van der Waals surface area (Å²) in [7, 11) is 1.99. The van der Waals surface area contributed by atoms with E-state index in [0.717, 1.165) is 30.8 Å². The minimum Gasteiger partial charge on any atom is -0.494 e. The number of ether oxygens (including phenoxy) is 1. The van der Waals surface area contributed by atoms with Crippen molar-refractivity contribution in [2.45, 2.75) is 25.9 Å². The molecule has 2 aliphatic heterocycles. The largest absolute Gasteiger partial charge is 0.494 e. The van der Waals surface area contributed by atoms with Crippen molar-refractivity contribution in [3.8, 4) is 5.75 Å². The molecule has 0 saturated carbocycles. The van der Waals surface area contributed by atoms with Gasteiger partial charge in [-0.2, -0.15) is 0 Å². The van der Waals surface area contributed by atoms with Crippen LogP contribution in [0.5, 0.6) is 5.75 Å². The fourth-order valence-electron chi connectivity index (χ4n) is 3.85. The highest BCUT2D eigenvalue weighted by Crippen LogP contribution is 2.35. The molecule has 2 aromatic rings. The van der Waals surface area contributed by atoms with Gasteiger partial charge in [0.2, 0.25) is 0 Å². The van der Waals surface area contributed by atoms with Gasteiger partial charge in [0, 0.05) is 24.8 Å². The molecule has 0 bridgehead atoms. The van der Waals surface area contributed by atoms with Crippen molar-refractivity contribution in [1.82, 2.24) is 4.90 Å². The molecule has 2 amide bonds. The number of rotatable bonds is 4. The Hall–Kier alpha value is -3.02. The number of carbonyl (C=O) groups excluding carboxylic acids is 2. The van der Waals surface area contributed by atoms with Gasteiger partial charge in [-0.05, 0) is 62.2 Å². The number of hydrogen-bond acceptors (Lipinski definition) is 4. The molecular formula is C21H23N3O3. The Labute approximate surface area is 158 Å². The van der Waals surface area contributed by atoms with Gasteiger partial charge >= 0.3 is 0 Å². The fourth-order valence-corrected chi connectivity index (χ4v) is 3.85. The van der Waals surface area contributed by atoms with Gasteiger partial charge in [-0.25, -0.2) is 0 Å². The minimum absolute atomic E-state index is 0.0593. The van der Waals surface area contributed by atoms with Crippen LogP contribution < -0.4 is 15.0 Å². The van der Waals surface area contributed by atoms with Crippen molar-refractivity contribution in [3.63, 3.8) is 0 Å². The van der Waals surface area contributed by atoms with Crippen molar-refractivity contribution in [1.29, 1.82) is 0 Å². The summed E-state index contributed by atoms with van der Waals surface area (Å²) in [6.07, 6.45) is 2.07. The summed E-state index contributed by atoms with van der Waals surface area (Å²) in [5.41, 5.74) is 2.72. The monoisotopic (exact) mass is 365 g/mol. The van der Waals surface area contributed by atoms with Gasteiger partial charge in [-0.3, -0.25) is 9.59 Å². The van der Waals surface area contributed by atoms with Crippen molar-refractivity contribution in [2.24, 2.45) is 0 Å². The third kappa shape index (κ3) is 3.12. The standard InChI is InChI=1S/C21H23N3O3/c1-3-27-16-9-7-15(8-10-16)22-20(25)14-6-11-17-18(13-14)23(2)19-5-4-12-24(19)21(17)26/h6-11,13,19H,3-5,12H2,1-2H3,(H,22,25)/t19-/m1/s1. The smallest absolute Gasteiger partial charge is 0.257 e. The highest BCUT2D eigenvalue weighted by Gasteiger charge is 2.38. The Morgan fingerprint density at radius 3 is 2.74 bits per heavy atom. The maximum absolute atomic E-state index is 12.7. The second kappa shape index (κ2) is 6.95. The van der Waals surface area contributed by atoms with E-state index in [1.54, 1.807) is 12.1 Å². The molecule has 1 saturated heterocycles. The molecule has 4 rings (SSSR count). The first-order valence-electron chi connectivity index (χ1n) is 9.30. The van der Waals surface area contributed by atoms with Crippen LogP contribution in [-0.2, 0) is 0 Å². The van der Waals surface area contributed by atoms with Crippen molar-refractivity contribution in [3.05, 3.63) is 53.6 Å². The van der Waals surface area contributed by atoms with Crippen LogP contribution in [-0.4, -0.2) is 43.1 Å². The van der Waals surface area contributed by atoms with E-state index in [2.05, 4.69) is 10.2 Å². The molecule has 2 aliphatic rings. The number of carbonyl (C=O) groups is 2. The topological polar surface area (TPSA) is 61.9 Å². The first-order valence-corrected chi connectivity index (χ1v) is 9.30. The van der Waals surface area contributed by atoms with Gasteiger partial charge in [0.15, 0.2) is 0 Å². The van der Waals surface area contributed by atoms with Gasteiger partial charge in [-0.15, -0.1) is 0 Å². The van der Waals surface area contributed by atoms with Gasteiger partial charge in [0.25, 0.3) is 11.8 Å². The minimum atomic E-state index is -0.198. The Kier molecular flexibility index (Phi) is 4.48. The van der Waals surface area contributed by atoms with E-state index in [0.29, 0.717) is 23.4 Å². The van der Waals surface area contributed by atoms with Crippen LogP contribution >= 0.6 is 0 Å². The number of anilines is 2. The van der Waals surface area contributed by atoms with Gasteiger partial charge in [0.05, 0.1) is 17.9 Å². The van der Waals surface area contributed by atoms with Crippen molar-refractivity contribution in [2.75, 3.05) is 30.4 Å². The summed E-state index contributed by atoms with van der Waals surface area (Å²) >= 11 is 0. The number of hydrogen-bond donors (Lipinski definition) is 1. The van der Waals surface area contributed by atoms with E-state index in [9.17, 15) is 9.59 Å². The molecular weight excluding hydrogens is 342 g/mol. The van der Waals surface area contributed by atoms with Crippen LogP contribution in [0.4, 0.5) is 11.4 Å². The molecule has 27 heavy (non-hydrogen) atoms. The highest BCUT2D eigenvalue weighted by molar-refractivity contribution is 6.08. The third-order valence-electron chi connectivity index (χ3n) is 5.22. The zero-order valence-electron chi connectivity index (χ0n) is 15.6. The SMILES string of the molecule is CCOc1ccc(NC(=O)c2ccc3c(c2)N(C)[C@H]2CCCN2C3=O)cc1. The number of amides is 2. The average Bonchev–Trinajstić information content (AvgIpc) is 3.18. The maximum Gasteiger partial charge on any atom is 0.257 e. The second-order valence-corrected chi connectivity index (χ2v) is 6.88. The summed E-state index contributed by atoms with van der Waals surface area (Å²) in [5, 5.41) is 2.90. The van der Waals surface area contributed by atoms with Gasteiger partial charge in [0.1, 0.15) is 11.9 Å². The molecule has 0 aromatic heterocycles. The Bertz CT molecular complexity index is 879. The zero-order valence-corrected chi connectivity index (χ0v) is 15.6. The highest BCUT2D eigenvalue weighted by atomic mass is 16.5. The van der Waals surface area contributed by atoms with Crippen LogP contribution in [0.15, 0.2) is 42.5 Å². The van der Waals surface area contributed by atoms with E-state index < -0.39 is 0 Å². The lowest BCUT2D eigenvalue weighted by Gasteiger charge is -2.40. The fraction of sp³-hybridized carbons (Fsp3) is 0.333. The molecule has 1 atom stereocenters. The van der Waals surface area contributed by atoms with Crippen LogP contribution in [0.2, 0.25) is 0 Å². The first-order chi connectivity index (χ1) is 13.1. The molecule has 0 spiro atoms. The average molecular weight is 365 g/mol. The second-order valence-electron chi connectivity index (χ2n) is 6.88. The van der Waals surface area contributed by atoms with Crippen LogP contribution in [0.3, 0.4) is 0 Å². The zero-order chi connectivity index (χ0) is 19.0. The van der Waals surface area contributed by atoms with Crippen LogP contribution in [0.25, 0.3) is 0 Å². The van der Waals surface area contributed by atoms with E-state index in [4.69, 9.17) is 4.74 Å². The van der Waals surface area contributed by atoms with Gasteiger partial charge in [-0.1, -0.05) is 0 Å². The summed E-state index contributed by atoms with van der Waals surface area (Å²) in [5.74, 6) is 0.631. The molecule has 6 nitrogen and oxygen atoms in total. The van der Waals surface area contributed by atoms with Crippen LogP contribution in [0.1, 0.15) is 40.5 Å². The number of nitrogens with zero attached hydrogens (tertiary/aromatic N) is 2. The number of nitrogens with one attached hydrogen (secondary N) is 1. The Morgan fingerprint density at radius 2 is 2.00 bits per heavy atom. The predicted molar refractivity (Wildman–Crippen MR) is 104 cm³/mol. The van der Waals surface area contributed by atoms with Crippen molar-refractivity contribution < 1.29 is 14.3 Å². The van der Waals surface area contributed by atoms with Gasteiger partial charge < -0.3 is 19.9 Å². The molecule has 1 N–H and O–H groups in total. The maximum atomic E-state index is 12.7. The summed E-state index contributed by atoms with van der Waals surface area (Å²) in [6, 6.07) is 12.6. The van der Waals surface area contributed by atoms with Crippen molar-refractivity contribution >= 4 is 23.2 Å². The number of benzene rings is 2. The normalized spacial score (nSPS) is 18.1. The lowest BCUT2D eigenvalue weighted by molar-refractivity contribution is 0.0719. The number of fused-ring (bicyclic) bond motifs is 2. The lowest BCUT2D eigenvalue weighted by atomic mass is 10.0. The third-order valence-corrected chi connectivity index (χ3v) is 5.22. The van der Waals surface area contributed by atoms with E-state index in [-0.39, 0.29) is 18.0 Å². The molecule has 6 heteroatoms. The molecule has 140 valence electrons. The van der Waals surface area contributed by atoms with E-state index in [1.165, 1.54) is 0 Å².